The number of imidazole rings is 1. The number of nitrogens with zero attached hydrogens (tertiary/aromatic N) is 5. The Morgan fingerprint density at radius 1 is 1.10 bits per heavy atom. The maximum Gasteiger partial charge on any atom is 0.415 e. The van der Waals surface area contributed by atoms with Gasteiger partial charge in [-0.05, 0) is 78.9 Å². The molecule has 12 nitrogen and oxygen atoms in total. The number of hydrogen-bond acceptors (Lipinski definition) is 9. The van der Waals surface area contributed by atoms with Crippen LogP contribution in [0.5, 0.6) is 0 Å². The predicted octanol–water partition coefficient (Wildman–Crippen LogP) is 4.54. The lowest BCUT2D eigenvalue weighted by Gasteiger charge is -2.24. The number of amides is 2. The highest BCUT2D eigenvalue weighted by atomic mass is 16.6. The minimum Gasteiger partial charge on any atom is -0.444 e. The number of alkyl carbamates (subject to hydrolysis) is 1. The Hall–Kier alpha value is -4.37. The van der Waals surface area contributed by atoms with Crippen molar-refractivity contribution in [2.24, 2.45) is 7.05 Å². The number of aryl methyl sites for hydroxylation is 2. The zero-order valence-electron chi connectivity index (χ0n) is 25.9. The van der Waals surface area contributed by atoms with Crippen LogP contribution in [0.1, 0.15) is 71.3 Å². The summed E-state index contributed by atoms with van der Waals surface area (Å²) in [7, 11) is 4.92. The summed E-state index contributed by atoms with van der Waals surface area (Å²) in [4.78, 5) is 39.6. The molecule has 0 radical (unpaired) electrons. The molecule has 0 spiro atoms. The van der Waals surface area contributed by atoms with E-state index in [0.29, 0.717) is 35.1 Å². The van der Waals surface area contributed by atoms with Crippen molar-refractivity contribution in [2.75, 3.05) is 24.8 Å². The number of nitrogens with one attached hydrogen (secondary N) is 1. The molecule has 12 heteroatoms. The number of pyridine rings is 2. The van der Waals surface area contributed by atoms with Gasteiger partial charge in [-0.25, -0.2) is 24.5 Å². The van der Waals surface area contributed by atoms with Crippen LogP contribution < -0.4 is 16.0 Å². The van der Waals surface area contributed by atoms with E-state index >= 15 is 0 Å². The molecule has 3 aromatic heterocycles. The van der Waals surface area contributed by atoms with E-state index in [4.69, 9.17) is 19.9 Å². The Kier molecular flexibility index (Phi) is 10.0. The van der Waals surface area contributed by atoms with Crippen LogP contribution in [-0.4, -0.2) is 63.3 Å². The second kappa shape index (κ2) is 13.1. The highest BCUT2D eigenvalue weighted by Crippen LogP contribution is 2.29. The first-order valence-corrected chi connectivity index (χ1v) is 13.7. The van der Waals surface area contributed by atoms with Gasteiger partial charge in [-0.3, -0.25) is 10.2 Å². The Morgan fingerprint density at radius 2 is 1.79 bits per heavy atom. The molecule has 1 atom stereocenters. The monoisotopic (exact) mass is 579 g/mol. The average molecular weight is 580 g/mol. The number of aromatic nitrogens is 4. The van der Waals surface area contributed by atoms with Gasteiger partial charge in [0.2, 0.25) is 0 Å². The van der Waals surface area contributed by atoms with E-state index in [2.05, 4.69) is 32.1 Å². The average Bonchev–Trinajstić information content (AvgIpc) is 3.26. The van der Waals surface area contributed by atoms with Crippen LogP contribution in [0, 0.1) is 11.8 Å². The number of ether oxygens (including phenoxy) is 3. The maximum atomic E-state index is 12.7. The van der Waals surface area contributed by atoms with E-state index in [9.17, 15) is 9.59 Å². The van der Waals surface area contributed by atoms with Gasteiger partial charge in [0.1, 0.15) is 34.5 Å². The quantitative estimate of drug-likeness (QED) is 0.304. The van der Waals surface area contributed by atoms with Crippen molar-refractivity contribution in [1.82, 2.24) is 24.8 Å². The van der Waals surface area contributed by atoms with Crippen molar-refractivity contribution in [3.05, 3.63) is 41.5 Å². The molecule has 3 N–H and O–H groups in total. The molecule has 0 aliphatic rings. The lowest BCUT2D eigenvalue weighted by molar-refractivity contribution is 0.0208. The van der Waals surface area contributed by atoms with Gasteiger partial charge in [0.25, 0.3) is 0 Å². The van der Waals surface area contributed by atoms with Crippen LogP contribution in [0.2, 0.25) is 0 Å². The minimum absolute atomic E-state index is 0.156. The molecule has 3 aromatic rings. The Bertz CT molecular complexity index is 1490. The van der Waals surface area contributed by atoms with Gasteiger partial charge >= 0.3 is 12.2 Å². The number of methoxy groups -OCH3 is 1. The Balaban J connectivity index is 1.76. The van der Waals surface area contributed by atoms with Gasteiger partial charge < -0.3 is 24.5 Å². The molecule has 226 valence electrons. The van der Waals surface area contributed by atoms with E-state index in [-0.39, 0.29) is 11.6 Å². The minimum atomic E-state index is -0.671. The molecule has 0 aliphatic carbocycles. The van der Waals surface area contributed by atoms with Crippen LogP contribution in [0.4, 0.5) is 21.2 Å². The summed E-state index contributed by atoms with van der Waals surface area (Å²) in [5.41, 5.74) is 8.09. The van der Waals surface area contributed by atoms with Gasteiger partial charge in [-0.1, -0.05) is 12.0 Å². The first-order chi connectivity index (χ1) is 19.6. The molecular weight excluding hydrogens is 538 g/mol. The highest BCUT2D eigenvalue weighted by molar-refractivity contribution is 6.00. The molecule has 42 heavy (non-hydrogen) atoms. The van der Waals surface area contributed by atoms with Crippen molar-refractivity contribution in [3.8, 4) is 11.8 Å². The van der Waals surface area contributed by atoms with Crippen LogP contribution in [0.15, 0.2) is 24.5 Å². The molecule has 0 bridgehead atoms. The summed E-state index contributed by atoms with van der Waals surface area (Å²) in [6.45, 7) is 10.8. The van der Waals surface area contributed by atoms with Crippen molar-refractivity contribution in [3.63, 3.8) is 0 Å². The first-order valence-electron chi connectivity index (χ1n) is 13.7. The number of nitrogen functional groups attached to an aromatic ring is 1. The number of rotatable bonds is 7. The van der Waals surface area contributed by atoms with Crippen molar-refractivity contribution in [1.29, 1.82) is 0 Å². The van der Waals surface area contributed by atoms with E-state index in [1.165, 1.54) is 4.90 Å². The number of nitrogens with two attached hydrogens (primary N) is 1. The van der Waals surface area contributed by atoms with Gasteiger partial charge in [0, 0.05) is 26.9 Å². The standard InChI is InChI=1S/C30H41N7O5/c1-29(2,3)41-27(38)34-22(40-9)15-11-14-19-12-10-13-20(33-19)16-17-21-24-23(32-18-36(24)7)26(35-25(21)31)37(8)28(39)42-30(4,5)6/h10,12-13,18,22H,11,14-15H2,1-9H3,(H2,31,35)(H,34,38)/t22-/m0/s1. The third-order valence-electron chi connectivity index (χ3n) is 5.84. The van der Waals surface area contributed by atoms with Crippen LogP contribution in [-0.2, 0) is 27.7 Å². The van der Waals surface area contributed by atoms with Crippen LogP contribution in [0.25, 0.3) is 11.0 Å². The number of anilines is 2. The van der Waals surface area contributed by atoms with E-state index in [1.807, 2.05) is 25.2 Å². The zero-order valence-corrected chi connectivity index (χ0v) is 25.9. The second-order valence-electron chi connectivity index (χ2n) is 11.8. The first kappa shape index (κ1) is 32.1. The van der Waals surface area contributed by atoms with Crippen molar-refractivity contribution in [2.45, 2.75) is 78.2 Å². The Labute approximate surface area is 246 Å². The summed E-state index contributed by atoms with van der Waals surface area (Å²) >= 11 is 0. The van der Waals surface area contributed by atoms with Gasteiger partial charge in [0.15, 0.2) is 5.82 Å². The molecule has 0 aromatic carbocycles. The summed E-state index contributed by atoms with van der Waals surface area (Å²) in [5.74, 6) is 6.63. The normalized spacial score (nSPS) is 12.3. The lowest BCUT2D eigenvalue weighted by atomic mass is 10.1. The summed E-state index contributed by atoms with van der Waals surface area (Å²) < 4.78 is 17.9. The molecule has 3 heterocycles. The summed E-state index contributed by atoms with van der Waals surface area (Å²) in [6.07, 6.45) is 2.01. The fourth-order valence-corrected chi connectivity index (χ4v) is 3.98. The molecule has 0 aliphatic heterocycles. The molecule has 0 unspecified atom stereocenters. The number of carbonyl (C=O) groups is 2. The van der Waals surface area contributed by atoms with Crippen LogP contribution in [0.3, 0.4) is 0 Å². The number of hydrogen-bond donors (Lipinski definition) is 2. The van der Waals surface area contributed by atoms with Crippen LogP contribution >= 0.6 is 0 Å². The smallest absolute Gasteiger partial charge is 0.415 e. The number of fused-ring (bicyclic) bond motifs is 1. The molecule has 2 amide bonds. The van der Waals surface area contributed by atoms with Crippen molar-refractivity contribution < 1.29 is 23.8 Å². The third kappa shape index (κ3) is 8.81. The lowest BCUT2D eigenvalue weighted by Crippen LogP contribution is -2.40. The highest BCUT2D eigenvalue weighted by Gasteiger charge is 2.26. The molecule has 0 saturated carbocycles. The van der Waals surface area contributed by atoms with E-state index in [0.717, 1.165) is 12.1 Å². The number of carbonyl (C=O) groups excluding carboxylic acids is 2. The van der Waals surface area contributed by atoms with E-state index < -0.39 is 29.6 Å². The molecule has 0 fully saturated rings. The van der Waals surface area contributed by atoms with Gasteiger partial charge in [-0.15, -0.1) is 0 Å². The van der Waals surface area contributed by atoms with E-state index in [1.54, 1.807) is 66.6 Å². The third-order valence-corrected chi connectivity index (χ3v) is 5.84. The fraction of sp³-hybridized carbons (Fsp3) is 0.500. The molecule has 0 saturated heterocycles. The SMILES string of the molecule is CO[C@@H](CCCc1cccc(C#Cc2c(N)nc(N(C)C(=O)OC(C)(C)C)c3ncn(C)c23)n1)NC(=O)OC(C)(C)C. The fourth-order valence-electron chi connectivity index (χ4n) is 3.98. The zero-order chi connectivity index (χ0) is 31.2. The second-order valence-corrected chi connectivity index (χ2v) is 11.8. The summed E-state index contributed by atoms with van der Waals surface area (Å²) in [5, 5.41) is 2.73. The molecule has 3 rings (SSSR count). The maximum absolute atomic E-state index is 12.7. The topological polar surface area (TPSA) is 147 Å². The van der Waals surface area contributed by atoms with Crippen molar-refractivity contribution >= 4 is 34.9 Å². The predicted molar refractivity (Wildman–Crippen MR) is 161 cm³/mol. The van der Waals surface area contributed by atoms with Gasteiger partial charge in [-0.2, -0.15) is 0 Å². The Morgan fingerprint density at radius 3 is 2.43 bits per heavy atom. The largest absolute Gasteiger partial charge is 0.444 e. The molecular formula is C30H41N7O5. The van der Waals surface area contributed by atoms with Gasteiger partial charge in [0.05, 0.1) is 17.4 Å². The summed E-state index contributed by atoms with van der Waals surface area (Å²) in [6, 6.07) is 5.62.